The largest absolute Gasteiger partial charge is 0.460 e. The van der Waals surface area contributed by atoms with Crippen LogP contribution in [0.3, 0.4) is 0 Å². The van der Waals surface area contributed by atoms with E-state index in [1.807, 2.05) is 36.4 Å². The molecule has 2 amide bonds. The van der Waals surface area contributed by atoms with Crippen LogP contribution < -0.4 is 16.2 Å². The standard InChI is InChI=1S/C26H28N6O3S/c1-18(30-31-24(34)20-7-8-22-21(15-20)29-23(33)9-14-36-22)26(17-27)10-12-32(13-11-26)25(28)35-16-19-5-3-2-4-6-19/h2-8,15,28,30H,1,9-14,16H2,(H,29,33)(H,31,34). The molecule has 0 unspecified atom stereocenters. The van der Waals surface area contributed by atoms with E-state index in [2.05, 4.69) is 28.8 Å². The zero-order chi connectivity index (χ0) is 25.5. The molecule has 2 heterocycles. The molecule has 0 atom stereocenters. The second-order valence-corrected chi connectivity index (χ2v) is 9.81. The van der Waals surface area contributed by atoms with E-state index in [0.717, 1.165) is 10.5 Å². The van der Waals surface area contributed by atoms with Crippen molar-refractivity contribution in [3.8, 4) is 6.07 Å². The van der Waals surface area contributed by atoms with Gasteiger partial charge >= 0.3 is 0 Å². The smallest absolute Gasteiger partial charge is 0.284 e. The molecule has 4 N–H and O–H groups in total. The summed E-state index contributed by atoms with van der Waals surface area (Å²) in [4.78, 5) is 27.3. The molecular formula is C26H28N6O3S. The number of benzene rings is 2. The Balaban J connectivity index is 1.30. The molecule has 36 heavy (non-hydrogen) atoms. The average Bonchev–Trinajstić information content (AvgIpc) is 3.10. The number of allylic oxidation sites excluding steroid dienone is 1. The number of nitrogens with one attached hydrogen (secondary N) is 4. The number of fused-ring (bicyclic) bond motifs is 1. The lowest BCUT2D eigenvalue weighted by Crippen LogP contribution is -2.48. The molecule has 2 aromatic carbocycles. The van der Waals surface area contributed by atoms with Crippen molar-refractivity contribution in [2.45, 2.75) is 30.8 Å². The second kappa shape index (κ2) is 11.2. The number of amidine groups is 1. The molecule has 0 aromatic heterocycles. The molecule has 0 bridgehead atoms. The summed E-state index contributed by atoms with van der Waals surface area (Å²) in [5, 5.41) is 21.0. The van der Waals surface area contributed by atoms with Crippen LogP contribution in [-0.2, 0) is 16.1 Å². The summed E-state index contributed by atoms with van der Waals surface area (Å²) in [6.07, 6.45) is 1.29. The predicted octanol–water partition coefficient (Wildman–Crippen LogP) is 3.63. The molecule has 9 nitrogen and oxygen atoms in total. The lowest BCUT2D eigenvalue weighted by atomic mass is 9.77. The molecule has 4 rings (SSSR count). The zero-order valence-corrected chi connectivity index (χ0v) is 20.6. The minimum absolute atomic E-state index is 0.0748. The van der Waals surface area contributed by atoms with Crippen LogP contribution in [0.5, 0.6) is 0 Å². The molecule has 1 fully saturated rings. The van der Waals surface area contributed by atoms with Gasteiger partial charge < -0.3 is 20.4 Å². The van der Waals surface area contributed by atoms with E-state index in [9.17, 15) is 14.9 Å². The summed E-state index contributed by atoms with van der Waals surface area (Å²) in [5.74, 6) is 0.216. The number of rotatable bonds is 6. The normalized spacial score (nSPS) is 16.4. The van der Waals surface area contributed by atoms with Gasteiger partial charge in [-0.15, -0.1) is 11.8 Å². The monoisotopic (exact) mass is 504 g/mol. The summed E-state index contributed by atoms with van der Waals surface area (Å²) in [6, 6.07) is 17.2. The van der Waals surface area contributed by atoms with Crippen molar-refractivity contribution in [1.82, 2.24) is 15.8 Å². The Kier molecular flexibility index (Phi) is 7.80. The number of hydrogen-bond acceptors (Lipinski definition) is 7. The summed E-state index contributed by atoms with van der Waals surface area (Å²) in [6.45, 7) is 5.24. The highest BCUT2D eigenvalue weighted by atomic mass is 32.2. The Labute approximate surface area is 214 Å². The molecule has 186 valence electrons. The lowest BCUT2D eigenvalue weighted by Gasteiger charge is -2.38. The third-order valence-electron chi connectivity index (χ3n) is 6.34. The van der Waals surface area contributed by atoms with E-state index in [4.69, 9.17) is 10.1 Å². The summed E-state index contributed by atoms with van der Waals surface area (Å²) >= 11 is 1.57. The van der Waals surface area contributed by atoms with E-state index < -0.39 is 11.3 Å². The summed E-state index contributed by atoms with van der Waals surface area (Å²) in [7, 11) is 0. The number of nitrogens with zero attached hydrogens (tertiary/aromatic N) is 2. The van der Waals surface area contributed by atoms with Gasteiger partial charge in [0.15, 0.2) is 0 Å². The van der Waals surface area contributed by atoms with Crippen LogP contribution in [0.2, 0.25) is 0 Å². The van der Waals surface area contributed by atoms with Crippen LogP contribution >= 0.6 is 11.8 Å². The number of hydrazine groups is 1. The maximum Gasteiger partial charge on any atom is 0.284 e. The van der Waals surface area contributed by atoms with Crippen LogP contribution in [0.15, 0.2) is 65.7 Å². The number of hydrogen-bond donors (Lipinski definition) is 4. The van der Waals surface area contributed by atoms with Crippen LogP contribution in [-0.4, -0.2) is 41.6 Å². The van der Waals surface area contributed by atoms with Crippen molar-refractivity contribution in [2.75, 3.05) is 24.2 Å². The molecule has 2 aromatic rings. The van der Waals surface area contributed by atoms with E-state index in [1.54, 1.807) is 28.8 Å². The first-order valence-corrected chi connectivity index (χ1v) is 12.6. The van der Waals surface area contributed by atoms with Crippen molar-refractivity contribution in [3.63, 3.8) is 0 Å². The number of anilines is 1. The van der Waals surface area contributed by atoms with Gasteiger partial charge in [-0.2, -0.15) is 5.26 Å². The highest BCUT2D eigenvalue weighted by Gasteiger charge is 2.39. The van der Waals surface area contributed by atoms with Crippen LogP contribution in [0, 0.1) is 22.2 Å². The third-order valence-corrected chi connectivity index (χ3v) is 7.42. The number of ether oxygens (including phenoxy) is 1. The van der Waals surface area contributed by atoms with Gasteiger partial charge in [0.05, 0.1) is 11.8 Å². The van der Waals surface area contributed by atoms with Gasteiger partial charge in [-0.05, 0) is 36.6 Å². The number of carbonyl (C=O) groups is 2. The Hall–Kier alpha value is -3.97. The Morgan fingerprint density at radius 1 is 1.22 bits per heavy atom. The Morgan fingerprint density at radius 3 is 2.69 bits per heavy atom. The zero-order valence-electron chi connectivity index (χ0n) is 19.8. The fraction of sp³-hybridized carbons (Fsp3) is 0.308. The fourth-order valence-electron chi connectivity index (χ4n) is 4.07. The summed E-state index contributed by atoms with van der Waals surface area (Å²) < 4.78 is 5.62. The van der Waals surface area contributed by atoms with Crippen LogP contribution in [0.25, 0.3) is 0 Å². The minimum Gasteiger partial charge on any atom is -0.460 e. The molecule has 0 radical (unpaired) electrons. The Bertz CT molecular complexity index is 1200. The second-order valence-electron chi connectivity index (χ2n) is 8.68. The highest BCUT2D eigenvalue weighted by molar-refractivity contribution is 7.99. The number of carbonyl (C=O) groups excluding carboxylic acids is 2. The molecular weight excluding hydrogens is 476 g/mol. The van der Waals surface area contributed by atoms with Crippen molar-refractivity contribution in [1.29, 1.82) is 10.7 Å². The van der Waals surface area contributed by atoms with E-state index in [-0.39, 0.29) is 11.9 Å². The lowest BCUT2D eigenvalue weighted by molar-refractivity contribution is -0.115. The minimum atomic E-state index is -0.887. The van der Waals surface area contributed by atoms with Gasteiger partial charge in [0.1, 0.15) is 12.0 Å². The number of amides is 2. The average molecular weight is 505 g/mol. The maximum absolute atomic E-state index is 12.7. The van der Waals surface area contributed by atoms with Crippen molar-refractivity contribution < 1.29 is 14.3 Å². The molecule has 2 aliphatic heterocycles. The van der Waals surface area contributed by atoms with Gasteiger partial charge in [-0.3, -0.25) is 20.4 Å². The molecule has 10 heteroatoms. The maximum atomic E-state index is 12.7. The first-order valence-electron chi connectivity index (χ1n) is 11.6. The first kappa shape index (κ1) is 25.1. The topological polar surface area (TPSA) is 130 Å². The van der Waals surface area contributed by atoms with Crippen molar-refractivity contribution >= 4 is 35.3 Å². The summed E-state index contributed by atoms with van der Waals surface area (Å²) in [5.41, 5.74) is 6.93. The van der Waals surface area contributed by atoms with E-state index >= 15 is 0 Å². The van der Waals surface area contributed by atoms with E-state index in [1.165, 1.54) is 0 Å². The van der Waals surface area contributed by atoms with Gasteiger partial charge in [0.25, 0.3) is 11.9 Å². The van der Waals surface area contributed by atoms with Crippen molar-refractivity contribution in [3.05, 3.63) is 71.9 Å². The predicted molar refractivity (Wildman–Crippen MR) is 138 cm³/mol. The molecule has 0 saturated carbocycles. The fourth-order valence-corrected chi connectivity index (χ4v) is 5.01. The quantitative estimate of drug-likeness (QED) is 0.268. The van der Waals surface area contributed by atoms with Crippen LogP contribution in [0.1, 0.15) is 35.2 Å². The highest BCUT2D eigenvalue weighted by Crippen LogP contribution is 2.36. The van der Waals surface area contributed by atoms with E-state index in [0.29, 0.717) is 61.7 Å². The molecule has 1 saturated heterocycles. The third kappa shape index (κ3) is 5.80. The van der Waals surface area contributed by atoms with Crippen molar-refractivity contribution in [2.24, 2.45) is 5.41 Å². The molecule has 2 aliphatic rings. The van der Waals surface area contributed by atoms with Gasteiger partial charge in [-0.25, -0.2) is 0 Å². The van der Waals surface area contributed by atoms with Gasteiger partial charge in [0, 0.05) is 41.4 Å². The number of piperidine rings is 1. The number of likely N-dealkylation sites (tertiary alicyclic amines) is 1. The van der Waals surface area contributed by atoms with Crippen LogP contribution in [0.4, 0.5) is 5.69 Å². The number of nitriles is 1. The SMILES string of the molecule is C=C(NNC(=O)c1ccc2c(c1)NC(=O)CCS2)C1(C#N)CCN(C(=N)OCc2ccccc2)CC1. The molecule has 0 aliphatic carbocycles. The number of thioether (sulfide) groups is 1. The first-order chi connectivity index (χ1) is 17.4. The Morgan fingerprint density at radius 2 is 1.97 bits per heavy atom. The van der Waals surface area contributed by atoms with Gasteiger partial charge in [0.2, 0.25) is 5.91 Å². The molecule has 0 spiro atoms. The van der Waals surface area contributed by atoms with Gasteiger partial charge in [-0.1, -0.05) is 36.9 Å².